The van der Waals surface area contributed by atoms with Gasteiger partial charge < -0.3 is 5.32 Å². The number of nitrogens with zero attached hydrogens (tertiary/aromatic N) is 2. The number of nitrogens with one attached hydrogen (secondary N) is 1. The van der Waals surface area contributed by atoms with Crippen molar-refractivity contribution >= 4 is 67.6 Å². The lowest BCUT2D eigenvalue weighted by atomic mass is 10.2. The Morgan fingerprint density at radius 3 is 2.57 bits per heavy atom. The fourth-order valence-corrected chi connectivity index (χ4v) is 4.12. The molecule has 3 rings (SSSR count). The Labute approximate surface area is 181 Å². The number of hydrogen-bond acceptors (Lipinski definition) is 4. The van der Waals surface area contributed by atoms with Crippen LogP contribution in [0.25, 0.3) is 0 Å². The lowest BCUT2D eigenvalue weighted by Gasteiger charge is -2.13. The number of aliphatic imine (C=N–C) groups is 1. The minimum Gasteiger partial charge on any atom is -0.326 e. The molecule has 1 fully saturated rings. The molecule has 1 heterocycles. The molecule has 5 nitrogen and oxygen atoms in total. The van der Waals surface area contributed by atoms with Crippen molar-refractivity contribution in [1.29, 1.82) is 0 Å². The van der Waals surface area contributed by atoms with Gasteiger partial charge in [-0.05, 0) is 48.5 Å². The van der Waals surface area contributed by atoms with Gasteiger partial charge in [-0.3, -0.25) is 14.5 Å². The molecule has 0 aliphatic carbocycles. The number of amidine groups is 1. The van der Waals surface area contributed by atoms with Crippen LogP contribution >= 0.6 is 39.3 Å². The van der Waals surface area contributed by atoms with Gasteiger partial charge in [0.15, 0.2) is 5.17 Å². The number of halogens is 2. The summed E-state index contributed by atoms with van der Waals surface area (Å²) in [5, 5.41) is 3.45. The van der Waals surface area contributed by atoms with Gasteiger partial charge in [-0.15, -0.1) is 6.58 Å². The Hall–Kier alpha value is -2.09. The number of thioether (sulfide) groups is 1. The maximum Gasteiger partial charge on any atom is 0.242 e. The average molecular weight is 479 g/mol. The number of benzene rings is 2. The van der Waals surface area contributed by atoms with E-state index in [1.807, 2.05) is 12.1 Å². The second kappa shape index (κ2) is 9.41. The van der Waals surface area contributed by atoms with E-state index in [0.717, 1.165) is 4.47 Å². The smallest absolute Gasteiger partial charge is 0.242 e. The van der Waals surface area contributed by atoms with Crippen LogP contribution in [0.2, 0.25) is 5.02 Å². The van der Waals surface area contributed by atoms with Crippen molar-refractivity contribution in [3.05, 3.63) is 70.7 Å². The maximum absolute atomic E-state index is 12.8. The van der Waals surface area contributed by atoms with Gasteiger partial charge in [0.05, 0.1) is 5.69 Å². The number of carbonyl (C=O) groups is 2. The van der Waals surface area contributed by atoms with Gasteiger partial charge in [-0.25, -0.2) is 4.99 Å². The number of anilines is 1. The fraction of sp³-hybridized carbons (Fsp3) is 0.150. The lowest BCUT2D eigenvalue weighted by molar-refractivity contribution is -0.127. The number of amides is 2. The normalized spacial score (nSPS) is 17.8. The van der Waals surface area contributed by atoms with Crippen molar-refractivity contribution in [3.63, 3.8) is 0 Å². The molecule has 1 aliphatic heterocycles. The standard InChI is InChI=1S/C20H17BrClN3O2S/c1-2-11-25-19(27)17(12-18(26)23-15-7-3-13(21)4-8-15)28-20(25)24-16-9-5-14(22)6-10-16/h2-10,17H,1,11-12H2,(H,23,26)/t17-/m1/s1. The third-order valence-electron chi connectivity index (χ3n) is 3.88. The molecule has 0 bridgehead atoms. The van der Waals surface area contributed by atoms with Crippen LogP contribution < -0.4 is 5.32 Å². The molecular formula is C20H17BrClN3O2S. The highest BCUT2D eigenvalue weighted by Gasteiger charge is 2.38. The molecule has 0 saturated carbocycles. The molecule has 2 aromatic rings. The second-order valence-corrected chi connectivity index (χ2v) is 8.50. The second-order valence-electron chi connectivity index (χ2n) is 5.97. The van der Waals surface area contributed by atoms with Crippen molar-refractivity contribution in [2.75, 3.05) is 11.9 Å². The predicted octanol–water partition coefficient (Wildman–Crippen LogP) is 5.25. The Morgan fingerprint density at radius 1 is 1.25 bits per heavy atom. The summed E-state index contributed by atoms with van der Waals surface area (Å²) in [4.78, 5) is 31.2. The van der Waals surface area contributed by atoms with Crippen LogP contribution in [0, 0.1) is 0 Å². The first-order chi connectivity index (χ1) is 13.5. The molecule has 144 valence electrons. The largest absolute Gasteiger partial charge is 0.326 e. The summed E-state index contributed by atoms with van der Waals surface area (Å²) >= 11 is 10.5. The summed E-state index contributed by atoms with van der Waals surface area (Å²) in [5.41, 5.74) is 1.37. The minimum absolute atomic E-state index is 0.0623. The van der Waals surface area contributed by atoms with E-state index in [2.05, 4.69) is 32.8 Å². The maximum atomic E-state index is 12.8. The van der Waals surface area contributed by atoms with Crippen LogP contribution in [-0.2, 0) is 9.59 Å². The predicted molar refractivity (Wildman–Crippen MR) is 119 cm³/mol. The molecule has 2 aromatic carbocycles. The van der Waals surface area contributed by atoms with E-state index in [1.165, 1.54) is 11.8 Å². The zero-order valence-corrected chi connectivity index (χ0v) is 17.9. The lowest BCUT2D eigenvalue weighted by Crippen LogP contribution is -2.33. The molecule has 0 radical (unpaired) electrons. The first kappa shape index (κ1) is 20.6. The fourth-order valence-electron chi connectivity index (χ4n) is 2.56. The molecule has 0 spiro atoms. The Balaban J connectivity index is 1.72. The summed E-state index contributed by atoms with van der Waals surface area (Å²) in [5.74, 6) is -0.372. The van der Waals surface area contributed by atoms with Crippen molar-refractivity contribution < 1.29 is 9.59 Å². The number of carbonyl (C=O) groups excluding carboxylic acids is 2. The molecule has 1 aliphatic rings. The van der Waals surface area contributed by atoms with Gasteiger partial charge in [-0.1, -0.05) is 45.4 Å². The van der Waals surface area contributed by atoms with Crippen LogP contribution in [-0.4, -0.2) is 33.7 Å². The summed E-state index contributed by atoms with van der Waals surface area (Å²) in [6.45, 7) is 4.04. The van der Waals surface area contributed by atoms with Gasteiger partial charge in [0.1, 0.15) is 5.25 Å². The SMILES string of the molecule is C=CCN1C(=O)[C@@H](CC(=O)Nc2ccc(Br)cc2)SC1=Nc1ccc(Cl)cc1. The first-order valence-electron chi connectivity index (χ1n) is 8.45. The number of rotatable bonds is 6. The third-order valence-corrected chi connectivity index (χ3v) is 5.84. The molecule has 28 heavy (non-hydrogen) atoms. The molecule has 1 atom stereocenters. The Bertz CT molecular complexity index is 916. The monoisotopic (exact) mass is 477 g/mol. The van der Waals surface area contributed by atoms with Crippen molar-refractivity contribution in [2.45, 2.75) is 11.7 Å². The molecule has 0 unspecified atom stereocenters. The van der Waals surface area contributed by atoms with E-state index in [1.54, 1.807) is 47.4 Å². The van der Waals surface area contributed by atoms with Crippen LogP contribution in [0.4, 0.5) is 11.4 Å². The van der Waals surface area contributed by atoms with Crippen LogP contribution in [0.1, 0.15) is 6.42 Å². The summed E-state index contributed by atoms with van der Waals surface area (Å²) in [7, 11) is 0. The molecule has 8 heteroatoms. The molecule has 1 saturated heterocycles. The zero-order valence-electron chi connectivity index (χ0n) is 14.8. The highest BCUT2D eigenvalue weighted by Crippen LogP contribution is 2.32. The van der Waals surface area contributed by atoms with E-state index >= 15 is 0 Å². The van der Waals surface area contributed by atoms with Gasteiger partial charge in [0.25, 0.3) is 0 Å². The topological polar surface area (TPSA) is 61.8 Å². The Morgan fingerprint density at radius 2 is 1.93 bits per heavy atom. The highest BCUT2D eigenvalue weighted by molar-refractivity contribution is 9.10. The van der Waals surface area contributed by atoms with Gasteiger partial charge in [0, 0.05) is 28.1 Å². The average Bonchev–Trinajstić information content (AvgIpc) is 2.94. The first-order valence-corrected chi connectivity index (χ1v) is 10.5. The van der Waals surface area contributed by atoms with Gasteiger partial charge in [0.2, 0.25) is 11.8 Å². The molecular weight excluding hydrogens is 462 g/mol. The van der Waals surface area contributed by atoms with Gasteiger partial charge in [-0.2, -0.15) is 0 Å². The van der Waals surface area contributed by atoms with Crippen LogP contribution in [0.3, 0.4) is 0 Å². The quantitative estimate of drug-likeness (QED) is 0.577. The van der Waals surface area contributed by atoms with Gasteiger partial charge >= 0.3 is 0 Å². The molecule has 0 aromatic heterocycles. The summed E-state index contributed by atoms with van der Waals surface area (Å²) < 4.78 is 0.926. The zero-order chi connectivity index (χ0) is 20.1. The van der Waals surface area contributed by atoms with Crippen LogP contribution in [0.15, 0.2) is 70.7 Å². The van der Waals surface area contributed by atoms with Crippen molar-refractivity contribution in [2.24, 2.45) is 4.99 Å². The van der Waals surface area contributed by atoms with E-state index < -0.39 is 5.25 Å². The highest BCUT2D eigenvalue weighted by atomic mass is 79.9. The third kappa shape index (κ3) is 5.25. The minimum atomic E-state index is -0.526. The van der Waals surface area contributed by atoms with Crippen molar-refractivity contribution in [3.8, 4) is 0 Å². The van der Waals surface area contributed by atoms with E-state index in [0.29, 0.717) is 28.1 Å². The molecule has 1 N–H and O–H groups in total. The molecule has 2 amide bonds. The Kier molecular flexibility index (Phi) is 6.93. The van der Waals surface area contributed by atoms with E-state index in [9.17, 15) is 9.59 Å². The van der Waals surface area contributed by atoms with Crippen LogP contribution in [0.5, 0.6) is 0 Å². The summed E-state index contributed by atoms with van der Waals surface area (Å²) in [6.07, 6.45) is 1.70. The van der Waals surface area contributed by atoms with E-state index in [-0.39, 0.29) is 18.2 Å². The number of hydrogen-bond donors (Lipinski definition) is 1. The van der Waals surface area contributed by atoms with Crippen molar-refractivity contribution in [1.82, 2.24) is 4.90 Å². The summed E-state index contributed by atoms with van der Waals surface area (Å²) in [6, 6.07) is 14.3. The van der Waals surface area contributed by atoms with E-state index in [4.69, 9.17) is 11.6 Å².